The second kappa shape index (κ2) is 5.77. The first kappa shape index (κ1) is 12.7. The van der Waals surface area contributed by atoms with E-state index in [2.05, 4.69) is 15.3 Å². The van der Waals surface area contributed by atoms with Crippen molar-refractivity contribution in [2.45, 2.75) is 31.4 Å². The molecule has 0 aromatic carbocycles. The van der Waals surface area contributed by atoms with E-state index >= 15 is 0 Å². The molecule has 1 saturated carbocycles. The Bertz CT molecular complexity index is 524. The molecule has 0 aliphatic heterocycles. The Balaban J connectivity index is 1.47. The van der Waals surface area contributed by atoms with Gasteiger partial charge in [0.25, 0.3) is 0 Å². The van der Waals surface area contributed by atoms with Crippen molar-refractivity contribution in [1.82, 2.24) is 15.3 Å². The Morgan fingerprint density at radius 3 is 2.89 bits per heavy atom. The lowest BCUT2D eigenvalue weighted by molar-refractivity contribution is 0.174. The molecule has 0 radical (unpaired) electrons. The minimum atomic E-state index is -0.487. The predicted octanol–water partition coefficient (Wildman–Crippen LogP) is 2.24. The molecule has 1 unspecified atom stereocenters. The van der Waals surface area contributed by atoms with Crippen molar-refractivity contribution in [2.24, 2.45) is 0 Å². The number of aromatic nitrogens is 2. The number of hydrogen-bond acceptors (Lipinski definition) is 5. The molecule has 1 aliphatic rings. The zero-order chi connectivity index (χ0) is 13.1. The lowest BCUT2D eigenvalue weighted by atomic mass is 10.1. The van der Waals surface area contributed by atoms with Gasteiger partial charge >= 0.3 is 0 Å². The van der Waals surface area contributed by atoms with Gasteiger partial charge in [0, 0.05) is 42.5 Å². The number of hydrogen-bond donors (Lipinski definition) is 2. The maximum absolute atomic E-state index is 10.00. The fourth-order valence-electron chi connectivity index (χ4n) is 1.96. The summed E-state index contributed by atoms with van der Waals surface area (Å²) < 4.78 is 0. The van der Waals surface area contributed by atoms with Crippen LogP contribution in [0.25, 0.3) is 0 Å². The van der Waals surface area contributed by atoms with Crippen LogP contribution in [0.1, 0.15) is 40.3 Å². The summed E-state index contributed by atoms with van der Waals surface area (Å²) in [7, 11) is 0. The second-order valence-electron chi connectivity index (χ2n) is 4.87. The van der Waals surface area contributed by atoms with E-state index in [-0.39, 0.29) is 0 Å². The maximum atomic E-state index is 10.00. The molecule has 0 amide bonds. The summed E-state index contributed by atoms with van der Waals surface area (Å²) in [6.45, 7) is 1.31. The zero-order valence-corrected chi connectivity index (χ0v) is 11.4. The van der Waals surface area contributed by atoms with Crippen LogP contribution in [-0.4, -0.2) is 21.6 Å². The van der Waals surface area contributed by atoms with Crippen molar-refractivity contribution < 1.29 is 5.11 Å². The number of rotatable bonds is 6. The highest BCUT2D eigenvalue weighted by molar-refractivity contribution is 7.11. The summed E-state index contributed by atoms with van der Waals surface area (Å²) in [5, 5.41) is 14.5. The van der Waals surface area contributed by atoms with Gasteiger partial charge in [0.2, 0.25) is 0 Å². The second-order valence-corrected chi connectivity index (χ2v) is 6.01. The van der Waals surface area contributed by atoms with E-state index in [4.69, 9.17) is 0 Å². The van der Waals surface area contributed by atoms with Gasteiger partial charge in [-0.3, -0.25) is 4.98 Å². The fourth-order valence-corrected chi connectivity index (χ4v) is 3.01. The number of nitrogens with zero attached hydrogens (tertiary/aromatic N) is 2. The van der Waals surface area contributed by atoms with Crippen LogP contribution in [0, 0.1) is 0 Å². The lowest BCUT2D eigenvalue weighted by Crippen LogP contribution is -2.20. The highest BCUT2D eigenvalue weighted by Gasteiger charge is 2.26. The maximum Gasteiger partial charge on any atom is 0.0959 e. The molecule has 3 rings (SSSR count). The van der Waals surface area contributed by atoms with Crippen molar-refractivity contribution in [1.29, 1.82) is 0 Å². The van der Waals surface area contributed by atoms with E-state index in [1.165, 1.54) is 22.7 Å². The van der Waals surface area contributed by atoms with E-state index in [9.17, 15) is 5.11 Å². The molecule has 2 aromatic heterocycles. The molecular weight excluding hydrogens is 258 g/mol. The van der Waals surface area contributed by atoms with Gasteiger partial charge in [-0.05, 0) is 30.5 Å². The highest BCUT2D eigenvalue weighted by Crippen LogP contribution is 2.41. The Hall–Kier alpha value is -1.30. The van der Waals surface area contributed by atoms with Crippen LogP contribution >= 0.6 is 11.3 Å². The van der Waals surface area contributed by atoms with E-state index in [0.29, 0.717) is 6.54 Å². The molecule has 1 aliphatic carbocycles. The Labute approximate surface area is 116 Å². The SMILES string of the molecule is OC(CNCc1cnc(C2CC2)s1)c1ccncc1. The van der Waals surface area contributed by atoms with Crippen LogP contribution in [0.15, 0.2) is 30.7 Å². The van der Waals surface area contributed by atoms with Gasteiger partial charge in [-0.1, -0.05) is 0 Å². The van der Waals surface area contributed by atoms with Crippen LogP contribution in [0.5, 0.6) is 0 Å². The van der Waals surface area contributed by atoms with Crippen molar-refractivity contribution in [3.63, 3.8) is 0 Å². The molecular formula is C14H17N3OS. The van der Waals surface area contributed by atoms with Crippen molar-refractivity contribution in [3.8, 4) is 0 Å². The summed E-state index contributed by atoms with van der Waals surface area (Å²) in [6, 6.07) is 3.68. The molecule has 19 heavy (non-hydrogen) atoms. The van der Waals surface area contributed by atoms with Crippen molar-refractivity contribution >= 4 is 11.3 Å². The fraction of sp³-hybridized carbons (Fsp3) is 0.429. The van der Waals surface area contributed by atoms with Gasteiger partial charge in [-0.25, -0.2) is 4.98 Å². The van der Waals surface area contributed by atoms with E-state index in [0.717, 1.165) is 18.0 Å². The molecule has 5 heteroatoms. The first-order chi connectivity index (χ1) is 9.33. The van der Waals surface area contributed by atoms with Gasteiger partial charge in [-0.2, -0.15) is 0 Å². The van der Waals surface area contributed by atoms with Crippen molar-refractivity contribution in [2.75, 3.05) is 6.54 Å². The van der Waals surface area contributed by atoms with Crippen LogP contribution in [-0.2, 0) is 6.54 Å². The molecule has 2 N–H and O–H groups in total. The summed E-state index contributed by atoms with van der Waals surface area (Å²) in [6.07, 6.45) is 7.44. The smallest absolute Gasteiger partial charge is 0.0959 e. The summed E-state index contributed by atoms with van der Waals surface area (Å²) in [5.74, 6) is 0.723. The van der Waals surface area contributed by atoms with E-state index in [1.807, 2.05) is 18.3 Å². The topological polar surface area (TPSA) is 58.0 Å². The third-order valence-corrected chi connectivity index (χ3v) is 4.39. The number of aliphatic hydroxyl groups is 1. The Morgan fingerprint density at radius 2 is 2.16 bits per heavy atom. The average Bonchev–Trinajstić information content (AvgIpc) is 3.20. The third kappa shape index (κ3) is 3.37. The van der Waals surface area contributed by atoms with Crippen LogP contribution in [0.4, 0.5) is 0 Å². The molecule has 4 nitrogen and oxygen atoms in total. The molecule has 2 aromatic rings. The Morgan fingerprint density at radius 1 is 1.37 bits per heavy atom. The summed E-state index contributed by atoms with van der Waals surface area (Å²) >= 11 is 1.79. The summed E-state index contributed by atoms with van der Waals surface area (Å²) in [5.41, 5.74) is 0.894. The van der Waals surface area contributed by atoms with Gasteiger partial charge in [-0.15, -0.1) is 11.3 Å². The first-order valence-electron chi connectivity index (χ1n) is 6.56. The quantitative estimate of drug-likeness (QED) is 0.849. The largest absolute Gasteiger partial charge is 0.387 e. The van der Waals surface area contributed by atoms with Gasteiger partial charge in [0.1, 0.15) is 0 Å². The molecule has 1 fully saturated rings. The highest BCUT2D eigenvalue weighted by atomic mass is 32.1. The molecule has 0 spiro atoms. The van der Waals surface area contributed by atoms with Crippen molar-refractivity contribution in [3.05, 3.63) is 46.2 Å². The molecule has 0 bridgehead atoms. The lowest BCUT2D eigenvalue weighted by Gasteiger charge is -2.11. The van der Waals surface area contributed by atoms with Gasteiger partial charge < -0.3 is 10.4 Å². The van der Waals surface area contributed by atoms with Crippen LogP contribution in [0.3, 0.4) is 0 Å². The Kier molecular flexibility index (Phi) is 3.87. The minimum absolute atomic E-state index is 0.487. The van der Waals surface area contributed by atoms with Crippen LogP contribution in [0.2, 0.25) is 0 Å². The average molecular weight is 275 g/mol. The third-order valence-electron chi connectivity index (χ3n) is 3.23. The monoisotopic (exact) mass is 275 g/mol. The number of aliphatic hydroxyl groups excluding tert-OH is 1. The van der Waals surface area contributed by atoms with E-state index < -0.39 is 6.10 Å². The van der Waals surface area contributed by atoms with E-state index in [1.54, 1.807) is 23.7 Å². The van der Waals surface area contributed by atoms with Crippen LogP contribution < -0.4 is 5.32 Å². The molecule has 1 atom stereocenters. The normalized spacial score (nSPS) is 16.5. The van der Waals surface area contributed by atoms with Gasteiger partial charge in [0.15, 0.2) is 0 Å². The zero-order valence-electron chi connectivity index (χ0n) is 10.6. The standard InChI is InChI=1S/C14H17N3OS/c18-13(10-3-5-15-6-4-10)9-16-7-12-8-17-14(19-12)11-1-2-11/h3-6,8,11,13,16,18H,1-2,7,9H2. The predicted molar refractivity (Wildman–Crippen MR) is 75.0 cm³/mol. The number of thiazole rings is 1. The summed E-state index contributed by atoms with van der Waals surface area (Å²) in [4.78, 5) is 9.62. The minimum Gasteiger partial charge on any atom is -0.387 e. The molecule has 100 valence electrons. The first-order valence-corrected chi connectivity index (χ1v) is 7.38. The molecule has 2 heterocycles. The number of pyridine rings is 1. The molecule has 0 saturated heterocycles. The van der Waals surface area contributed by atoms with Gasteiger partial charge in [0.05, 0.1) is 11.1 Å². The number of nitrogens with one attached hydrogen (secondary N) is 1.